The number of nitrogens with zero attached hydrogens (tertiary/aromatic N) is 5. The van der Waals surface area contributed by atoms with E-state index >= 15 is 0 Å². The van der Waals surface area contributed by atoms with Crippen LogP contribution in [0.5, 0.6) is 0 Å². The molecule has 2 aromatic rings. The van der Waals surface area contributed by atoms with Gasteiger partial charge in [-0.05, 0) is 6.07 Å². The van der Waals surface area contributed by atoms with Crippen LogP contribution in [0, 0.1) is 0 Å². The molecule has 0 radical (unpaired) electrons. The number of piperazine rings is 1. The Labute approximate surface area is 142 Å². The van der Waals surface area contributed by atoms with Gasteiger partial charge in [0, 0.05) is 51.8 Å². The zero-order valence-corrected chi connectivity index (χ0v) is 13.8. The summed E-state index contributed by atoms with van der Waals surface area (Å²) >= 11 is 6.01. The molecule has 1 fully saturated rings. The highest BCUT2D eigenvalue weighted by Crippen LogP contribution is 2.33. The number of alkyl halides is 3. The number of anilines is 1. The van der Waals surface area contributed by atoms with Gasteiger partial charge in [0.05, 0.1) is 17.1 Å². The van der Waals surface area contributed by atoms with E-state index in [0.29, 0.717) is 18.9 Å². The second-order valence-corrected chi connectivity index (χ2v) is 6.15. The monoisotopic (exact) mass is 359 g/mol. The zero-order chi connectivity index (χ0) is 17.3. The van der Waals surface area contributed by atoms with Crippen molar-refractivity contribution in [3.8, 4) is 0 Å². The fourth-order valence-electron chi connectivity index (χ4n) is 2.69. The Morgan fingerprint density at radius 1 is 1.17 bits per heavy atom. The molecule has 1 aliphatic rings. The number of rotatable bonds is 3. The third-order valence-electron chi connectivity index (χ3n) is 4.11. The normalized spacial score (nSPS) is 16.6. The van der Waals surface area contributed by atoms with Gasteiger partial charge in [0.15, 0.2) is 0 Å². The van der Waals surface area contributed by atoms with E-state index in [-0.39, 0.29) is 5.02 Å². The maximum absolute atomic E-state index is 12.7. The standard InChI is InChI=1S/C15H17ClF3N5/c1-22-3-2-20-13(22)10-23-4-6-24(7-5-23)14-12(16)8-11(9-21-14)15(17,18)19/h2-3,8-9H,4-7,10H2,1H3. The summed E-state index contributed by atoms with van der Waals surface area (Å²) in [6.45, 7) is 3.59. The molecule has 24 heavy (non-hydrogen) atoms. The average molecular weight is 360 g/mol. The largest absolute Gasteiger partial charge is 0.417 e. The van der Waals surface area contributed by atoms with E-state index in [1.807, 2.05) is 22.7 Å². The highest BCUT2D eigenvalue weighted by molar-refractivity contribution is 6.33. The quantitative estimate of drug-likeness (QED) is 0.844. The Morgan fingerprint density at radius 3 is 2.42 bits per heavy atom. The summed E-state index contributed by atoms with van der Waals surface area (Å²) in [5.74, 6) is 1.38. The lowest BCUT2D eigenvalue weighted by atomic mass is 10.2. The van der Waals surface area contributed by atoms with Crippen molar-refractivity contribution in [3.05, 3.63) is 41.1 Å². The lowest BCUT2D eigenvalue weighted by Gasteiger charge is -2.35. The van der Waals surface area contributed by atoms with Crippen molar-refractivity contribution in [2.75, 3.05) is 31.1 Å². The molecule has 1 aliphatic heterocycles. The zero-order valence-electron chi connectivity index (χ0n) is 13.1. The number of hydrogen-bond donors (Lipinski definition) is 0. The van der Waals surface area contributed by atoms with Gasteiger partial charge < -0.3 is 9.47 Å². The van der Waals surface area contributed by atoms with Crippen LogP contribution < -0.4 is 4.90 Å². The lowest BCUT2D eigenvalue weighted by Crippen LogP contribution is -2.46. The Morgan fingerprint density at radius 2 is 1.88 bits per heavy atom. The van der Waals surface area contributed by atoms with Gasteiger partial charge in [-0.25, -0.2) is 9.97 Å². The van der Waals surface area contributed by atoms with Crippen molar-refractivity contribution >= 4 is 17.4 Å². The molecule has 0 atom stereocenters. The Kier molecular flexibility index (Phi) is 4.69. The summed E-state index contributed by atoms with van der Waals surface area (Å²) in [7, 11) is 1.95. The van der Waals surface area contributed by atoms with Crippen LogP contribution in [0.15, 0.2) is 24.7 Å². The van der Waals surface area contributed by atoms with E-state index in [4.69, 9.17) is 11.6 Å². The highest BCUT2D eigenvalue weighted by atomic mass is 35.5. The molecular weight excluding hydrogens is 343 g/mol. The van der Waals surface area contributed by atoms with Gasteiger partial charge in [0.1, 0.15) is 11.6 Å². The third kappa shape index (κ3) is 3.64. The number of aromatic nitrogens is 3. The molecule has 0 bridgehead atoms. The van der Waals surface area contributed by atoms with Crippen molar-refractivity contribution in [3.63, 3.8) is 0 Å². The second kappa shape index (κ2) is 6.60. The SMILES string of the molecule is Cn1ccnc1CN1CCN(c2ncc(C(F)(F)F)cc2Cl)CC1. The topological polar surface area (TPSA) is 37.2 Å². The van der Waals surface area contributed by atoms with Gasteiger partial charge >= 0.3 is 6.18 Å². The molecule has 0 saturated carbocycles. The fraction of sp³-hybridized carbons (Fsp3) is 0.467. The molecule has 5 nitrogen and oxygen atoms in total. The summed E-state index contributed by atoms with van der Waals surface area (Å²) in [5, 5.41) is 0.0300. The Hall–Kier alpha value is -1.80. The first kappa shape index (κ1) is 17.0. The molecule has 2 aromatic heterocycles. The van der Waals surface area contributed by atoms with Crippen LogP contribution in [0.3, 0.4) is 0 Å². The number of aryl methyl sites for hydroxylation is 1. The number of hydrogen-bond acceptors (Lipinski definition) is 4. The maximum Gasteiger partial charge on any atom is 0.417 e. The molecule has 0 amide bonds. The van der Waals surface area contributed by atoms with Gasteiger partial charge in [-0.2, -0.15) is 13.2 Å². The highest BCUT2D eigenvalue weighted by Gasteiger charge is 2.32. The molecule has 1 saturated heterocycles. The Balaban J connectivity index is 1.63. The maximum atomic E-state index is 12.7. The fourth-order valence-corrected chi connectivity index (χ4v) is 2.97. The molecule has 9 heteroatoms. The first-order valence-electron chi connectivity index (χ1n) is 7.51. The summed E-state index contributed by atoms with van der Waals surface area (Å²) in [6, 6.07) is 0.935. The molecule has 130 valence electrons. The lowest BCUT2D eigenvalue weighted by molar-refractivity contribution is -0.137. The average Bonchev–Trinajstić information content (AvgIpc) is 2.92. The van der Waals surface area contributed by atoms with E-state index in [1.165, 1.54) is 0 Å². The van der Waals surface area contributed by atoms with Crippen LogP contribution >= 0.6 is 11.6 Å². The van der Waals surface area contributed by atoms with Crippen LogP contribution in [-0.4, -0.2) is 45.6 Å². The van der Waals surface area contributed by atoms with Crippen molar-refractivity contribution < 1.29 is 13.2 Å². The molecule has 3 rings (SSSR count). The third-order valence-corrected chi connectivity index (χ3v) is 4.39. The molecule has 3 heterocycles. The van der Waals surface area contributed by atoms with Crippen LogP contribution in [0.1, 0.15) is 11.4 Å². The van der Waals surface area contributed by atoms with Gasteiger partial charge in [0.2, 0.25) is 0 Å². The molecule has 0 aromatic carbocycles. The summed E-state index contributed by atoms with van der Waals surface area (Å²) < 4.78 is 40.0. The summed E-state index contributed by atoms with van der Waals surface area (Å²) in [6.07, 6.45) is 0.0619. The number of halogens is 4. The second-order valence-electron chi connectivity index (χ2n) is 5.74. The van der Waals surface area contributed by atoms with Crippen LogP contribution in [0.2, 0.25) is 5.02 Å². The van der Waals surface area contributed by atoms with E-state index < -0.39 is 11.7 Å². The molecule has 0 aliphatic carbocycles. The van der Waals surface area contributed by atoms with E-state index in [9.17, 15) is 13.2 Å². The summed E-state index contributed by atoms with van der Waals surface area (Å²) in [4.78, 5) is 12.4. The molecule has 0 spiro atoms. The molecular formula is C15H17ClF3N5. The number of pyridine rings is 1. The predicted molar refractivity (Wildman–Crippen MR) is 84.9 cm³/mol. The van der Waals surface area contributed by atoms with Crippen LogP contribution in [-0.2, 0) is 19.8 Å². The molecule has 0 N–H and O–H groups in total. The van der Waals surface area contributed by atoms with E-state index in [2.05, 4.69) is 14.9 Å². The minimum Gasteiger partial charge on any atom is -0.353 e. The van der Waals surface area contributed by atoms with E-state index in [1.54, 1.807) is 6.20 Å². The van der Waals surface area contributed by atoms with Crippen molar-refractivity contribution in [2.24, 2.45) is 7.05 Å². The van der Waals surface area contributed by atoms with Gasteiger partial charge in [-0.15, -0.1) is 0 Å². The van der Waals surface area contributed by atoms with Gasteiger partial charge in [-0.3, -0.25) is 4.90 Å². The minimum atomic E-state index is -4.43. The first-order chi connectivity index (χ1) is 11.3. The number of imidazole rings is 1. The summed E-state index contributed by atoms with van der Waals surface area (Å²) in [5.41, 5.74) is -0.829. The van der Waals surface area contributed by atoms with Crippen LogP contribution in [0.4, 0.5) is 19.0 Å². The van der Waals surface area contributed by atoms with Gasteiger partial charge in [-0.1, -0.05) is 11.6 Å². The van der Waals surface area contributed by atoms with Crippen molar-refractivity contribution in [1.82, 2.24) is 19.4 Å². The predicted octanol–water partition coefficient (Wildman–Crippen LogP) is 2.81. The van der Waals surface area contributed by atoms with Gasteiger partial charge in [0.25, 0.3) is 0 Å². The van der Waals surface area contributed by atoms with Crippen LogP contribution in [0.25, 0.3) is 0 Å². The Bertz CT molecular complexity index is 707. The molecule has 0 unspecified atom stereocenters. The van der Waals surface area contributed by atoms with Crippen molar-refractivity contribution in [1.29, 1.82) is 0 Å². The first-order valence-corrected chi connectivity index (χ1v) is 7.88. The van der Waals surface area contributed by atoms with E-state index in [0.717, 1.165) is 37.7 Å². The minimum absolute atomic E-state index is 0.0300. The smallest absolute Gasteiger partial charge is 0.353 e. The van der Waals surface area contributed by atoms with Crippen molar-refractivity contribution in [2.45, 2.75) is 12.7 Å².